The molecule has 2 rings (SSSR count). The molecule has 0 radical (unpaired) electrons. The maximum atomic E-state index is 12.3. The smallest absolute Gasteiger partial charge is 0.165 e. The minimum atomic E-state index is 0.140. The Morgan fingerprint density at radius 3 is 1.84 bits per heavy atom. The molecule has 32 heavy (non-hydrogen) atoms. The van der Waals surface area contributed by atoms with E-state index in [1.54, 1.807) is 12.4 Å². The van der Waals surface area contributed by atoms with Crippen LogP contribution in [0, 0.1) is 0 Å². The van der Waals surface area contributed by atoms with Crippen LogP contribution in [-0.4, -0.2) is 22.4 Å². The van der Waals surface area contributed by atoms with Crippen molar-refractivity contribution in [2.75, 3.05) is 6.61 Å². The summed E-state index contributed by atoms with van der Waals surface area (Å²) >= 11 is 0. The number of carbonyl (C=O) groups excluding carboxylic acids is 1. The van der Waals surface area contributed by atoms with Crippen LogP contribution in [0.1, 0.15) is 114 Å². The highest BCUT2D eigenvalue weighted by molar-refractivity contribution is 5.95. The Kier molecular flexibility index (Phi) is 13.3. The molecule has 0 saturated carbocycles. The van der Waals surface area contributed by atoms with Gasteiger partial charge >= 0.3 is 0 Å². The lowest BCUT2D eigenvalue weighted by Crippen LogP contribution is -2.02. The molecule has 4 nitrogen and oxygen atoms in total. The molecule has 0 aliphatic heterocycles. The standard InChI is InChI=1S/C28H42N2O2/c1-3-5-7-9-11-13-15-21-32-26-19-17-24(18-20-26)28-29-22-25(23-30-28)27(31)16-14-12-10-8-6-4-2/h17-20,22-23H,3-16,21H2,1-2H3. The van der Waals surface area contributed by atoms with Crippen molar-refractivity contribution in [3.05, 3.63) is 42.2 Å². The first-order valence-corrected chi connectivity index (χ1v) is 12.8. The zero-order chi connectivity index (χ0) is 22.9. The second-order valence-corrected chi connectivity index (χ2v) is 8.73. The van der Waals surface area contributed by atoms with Gasteiger partial charge in [-0.2, -0.15) is 0 Å². The van der Waals surface area contributed by atoms with Crippen molar-refractivity contribution in [2.45, 2.75) is 104 Å². The van der Waals surface area contributed by atoms with Crippen LogP contribution >= 0.6 is 0 Å². The van der Waals surface area contributed by atoms with Gasteiger partial charge in [0.2, 0.25) is 0 Å². The minimum absolute atomic E-state index is 0.140. The first-order chi connectivity index (χ1) is 15.7. The molecule has 0 unspecified atom stereocenters. The maximum absolute atomic E-state index is 12.3. The summed E-state index contributed by atoms with van der Waals surface area (Å²) in [4.78, 5) is 21.2. The van der Waals surface area contributed by atoms with Crippen LogP contribution in [0.5, 0.6) is 5.75 Å². The van der Waals surface area contributed by atoms with Crippen molar-refractivity contribution in [3.8, 4) is 17.1 Å². The predicted octanol–water partition coefficient (Wildman–Crippen LogP) is 8.21. The summed E-state index contributed by atoms with van der Waals surface area (Å²) in [7, 11) is 0. The van der Waals surface area contributed by atoms with E-state index < -0.39 is 0 Å². The van der Waals surface area contributed by atoms with Gasteiger partial charge in [0.25, 0.3) is 0 Å². The number of ketones is 1. The molecule has 1 heterocycles. The Morgan fingerprint density at radius 1 is 0.719 bits per heavy atom. The summed E-state index contributed by atoms with van der Waals surface area (Å²) in [5.41, 5.74) is 1.54. The molecule has 0 saturated heterocycles. The number of Topliss-reactive ketones (excluding diaryl/α,β-unsaturated/α-hetero) is 1. The Hall–Kier alpha value is -2.23. The van der Waals surface area contributed by atoms with Gasteiger partial charge in [-0.15, -0.1) is 0 Å². The van der Waals surface area contributed by atoms with E-state index in [2.05, 4.69) is 23.8 Å². The number of carbonyl (C=O) groups is 1. The highest BCUT2D eigenvalue weighted by atomic mass is 16.5. The molecule has 176 valence electrons. The number of rotatable bonds is 18. The second kappa shape index (κ2) is 16.4. The molecule has 0 amide bonds. The van der Waals surface area contributed by atoms with E-state index in [1.807, 2.05) is 24.3 Å². The Bertz CT molecular complexity index is 741. The molecule has 0 atom stereocenters. The largest absolute Gasteiger partial charge is 0.494 e. The van der Waals surface area contributed by atoms with Crippen molar-refractivity contribution in [2.24, 2.45) is 0 Å². The molecule has 1 aromatic heterocycles. The van der Waals surface area contributed by atoms with Gasteiger partial charge in [0.05, 0.1) is 12.2 Å². The topological polar surface area (TPSA) is 52.1 Å². The third-order valence-electron chi connectivity index (χ3n) is 5.86. The van der Waals surface area contributed by atoms with E-state index in [0.717, 1.165) is 37.2 Å². The third-order valence-corrected chi connectivity index (χ3v) is 5.86. The first-order valence-electron chi connectivity index (χ1n) is 12.8. The van der Waals surface area contributed by atoms with Crippen LogP contribution in [0.15, 0.2) is 36.7 Å². The van der Waals surface area contributed by atoms with Crippen LogP contribution in [0.2, 0.25) is 0 Å². The van der Waals surface area contributed by atoms with Crippen molar-refractivity contribution < 1.29 is 9.53 Å². The molecular weight excluding hydrogens is 396 g/mol. The molecule has 0 bridgehead atoms. The Labute approximate surface area is 195 Å². The van der Waals surface area contributed by atoms with Crippen molar-refractivity contribution >= 4 is 5.78 Å². The molecule has 0 aliphatic rings. The normalized spacial score (nSPS) is 10.9. The van der Waals surface area contributed by atoms with Crippen LogP contribution in [0.4, 0.5) is 0 Å². The van der Waals surface area contributed by atoms with Crippen LogP contribution in [0.3, 0.4) is 0 Å². The van der Waals surface area contributed by atoms with E-state index >= 15 is 0 Å². The molecule has 0 N–H and O–H groups in total. The SMILES string of the molecule is CCCCCCCCCOc1ccc(-c2ncc(C(=O)CCCCCCCC)cn2)cc1. The molecule has 0 aliphatic carbocycles. The summed E-state index contributed by atoms with van der Waals surface area (Å²) in [6.07, 6.45) is 20.0. The zero-order valence-electron chi connectivity index (χ0n) is 20.3. The minimum Gasteiger partial charge on any atom is -0.494 e. The molecule has 1 aromatic carbocycles. The number of hydrogen-bond donors (Lipinski definition) is 0. The molecule has 0 fully saturated rings. The van der Waals surface area contributed by atoms with Gasteiger partial charge in [0.15, 0.2) is 11.6 Å². The number of aromatic nitrogens is 2. The lowest BCUT2D eigenvalue weighted by Gasteiger charge is -2.07. The lowest BCUT2D eigenvalue weighted by atomic mass is 10.1. The van der Waals surface area contributed by atoms with Crippen molar-refractivity contribution in [1.82, 2.24) is 9.97 Å². The number of benzene rings is 1. The average Bonchev–Trinajstić information content (AvgIpc) is 2.83. The number of hydrogen-bond acceptors (Lipinski definition) is 4. The van der Waals surface area contributed by atoms with Gasteiger partial charge in [-0.3, -0.25) is 4.79 Å². The predicted molar refractivity (Wildman–Crippen MR) is 133 cm³/mol. The van der Waals surface area contributed by atoms with Gasteiger partial charge in [0.1, 0.15) is 5.75 Å². The highest BCUT2D eigenvalue weighted by Gasteiger charge is 2.08. The quantitative estimate of drug-likeness (QED) is 0.174. The summed E-state index contributed by atoms with van der Waals surface area (Å²) in [6, 6.07) is 7.90. The molecule has 2 aromatic rings. The van der Waals surface area contributed by atoms with Crippen LogP contribution < -0.4 is 4.74 Å². The van der Waals surface area contributed by atoms with Gasteiger partial charge in [-0.05, 0) is 37.1 Å². The lowest BCUT2D eigenvalue weighted by molar-refractivity contribution is 0.0978. The Morgan fingerprint density at radius 2 is 1.25 bits per heavy atom. The summed E-state index contributed by atoms with van der Waals surface area (Å²) < 4.78 is 5.86. The third kappa shape index (κ3) is 10.4. The van der Waals surface area contributed by atoms with Crippen LogP contribution in [-0.2, 0) is 0 Å². The number of nitrogens with zero attached hydrogens (tertiary/aromatic N) is 2. The average molecular weight is 439 g/mol. The monoisotopic (exact) mass is 438 g/mol. The number of ether oxygens (including phenoxy) is 1. The van der Waals surface area contributed by atoms with E-state index in [9.17, 15) is 4.79 Å². The fourth-order valence-electron chi connectivity index (χ4n) is 3.78. The Balaban J connectivity index is 1.69. The molecule has 4 heteroatoms. The summed E-state index contributed by atoms with van der Waals surface area (Å²) in [6.45, 7) is 5.23. The molecular formula is C28H42N2O2. The molecule has 0 spiro atoms. The highest BCUT2D eigenvalue weighted by Crippen LogP contribution is 2.20. The van der Waals surface area contributed by atoms with Crippen molar-refractivity contribution in [1.29, 1.82) is 0 Å². The number of unbranched alkanes of at least 4 members (excludes halogenated alkanes) is 11. The van der Waals surface area contributed by atoms with Crippen molar-refractivity contribution in [3.63, 3.8) is 0 Å². The fraction of sp³-hybridized carbons (Fsp3) is 0.607. The zero-order valence-corrected chi connectivity index (χ0v) is 20.3. The van der Waals surface area contributed by atoms with E-state index in [-0.39, 0.29) is 5.78 Å². The first kappa shape index (κ1) is 26.0. The fourth-order valence-corrected chi connectivity index (χ4v) is 3.78. The van der Waals surface area contributed by atoms with E-state index in [1.165, 1.54) is 64.2 Å². The van der Waals surface area contributed by atoms with Gasteiger partial charge in [0, 0.05) is 24.4 Å². The van der Waals surface area contributed by atoms with Gasteiger partial charge in [-0.1, -0.05) is 84.5 Å². The van der Waals surface area contributed by atoms with E-state index in [4.69, 9.17) is 4.74 Å². The van der Waals surface area contributed by atoms with Crippen LogP contribution in [0.25, 0.3) is 11.4 Å². The summed E-state index contributed by atoms with van der Waals surface area (Å²) in [5.74, 6) is 1.66. The maximum Gasteiger partial charge on any atom is 0.165 e. The van der Waals surface area contributed by atoms with Gasteiger partial charge < -0.3 is 4.74 Å². The summed E-state index contributed by atoms with van der Waals surface area (Å²) in [5, 5.41) is 0. The van der Waals surface area contributed by atoms with E-state index in [0.29, 0.717) is 17.8 Å². The second-order valence-electron chi connectivity index (χ2n) is 8.73. The van der Waals surface area contributed by atoms with Gasteiger partial charge in [-0.25, -0.2) is 9.97 Å².